The van der Waals surface area contributed by atoms with Crippen molar-refractivity contribution in [3.8, 4) is 0 Å². The summed E-state index contributed by atoms with van der Waals surface area (Å²) in [6.45, 7) is 3.88. The second-order valence-electron chi connectivity index (χ2n) is 8.15. The summed E-state index contributed by atoms with van der Waals surface area (Å²) >= 11 is 0. The van der Waals surface area contributed by atoms with Crippen LogP contribution in [0.1, 0.15) is 34.1 Å². The van der Waals surface area contributed by atoms with Gasteiger partial charge in [-0.15, -0.1) is 0 Å². The van der Waals surface area contributed by atoms with Gasteiger partial charge in [-0.2, -0.15) is 4.98 Å². The highest BCUT2D eigenvalue weighted by Crippen LogP contribution is 2.11. The van der Waals surface area contributed by atoms with Crippen LogP contribution in [0.15, 0.2) is 59.4 Å². The molecule has 0 N–H and O–H groups in total. The third-order valence-electron chi connectivity index (χ3n) is 5.68. The normalized spacial score (nSPS) is 14.3. The van der Waals surface area contributed by atoms with Gasteiger partial charge in [-0.3, -0.25) is 19.5 Å². The van der Waals surface area contributed by atoms with E-state index in [4.69, 9.17) is 4.52 Å². The quantitative estimate of drug-likeness (QED) is 0.520. The van der Waals surface area contributed by atoms with E-state index >= 15 is 0 Å². The summed E-state index contributed by atoms with van der Waals surface area (Å²) < 4.78 is 5.34. The molecule has 0 unspecified atom stereocenters. The predicted molar refractivity (Wildman–Crippen MR) is 121 cm³/mol. The number of benzene rings is 1. The van der Waals surface area contributed by atoms with Gasteiger partial charge in [0.2, 0.25) is 11.8 Å². The summed E-state index contributed by atoms with van der Waals surface area (Å²) in [6, 6.07) is 13.4. The SMILES string of the molecule is CN(Cc1ccccc1)C(=O)CCc1nc(CN2CCN(C(=O)c3cccnc3)CC2)no1. The van der Waals surface area contributed by atoms with Gasteiger partial charge in [0.25, 0.3) is 5.91 Å². The van der Waals surface area contributed by atoms with Gasteiger partial charge in [-0.1, -0.05) is 35.5 Å². The van der Waals surface area contributed by atoms with Crippen LogP contribution in [0.25, 0.3) is 0 Å². The van der Waals surface area contributed by atoms with E-state index in [9.17, 15) is 9.59 Å². The molecule has 1 saturated heterocycles. The molecular formula is C24H28N6O3. The molecule has 172 valence electrons. The fourth-order valence-corrected chi connectivity index (χ4v) is 3.79. The second-order valence-corrected chi connectivity index (χ2v) is 8.15. The minimum absolute atomic E-state index is 0.00602. The van der Waals surface area contributed by atoms with Gasteiger partial charge in [0.1, 0.15) is 0 Å². The fraction of sp³-hybridized carbons (Fsp3) is 0.375. The molecule has 2 aromatic heterocycles. The smallest absolute Gasteiger partial charge is 0.255 e. The number of rotatable bonds is 8. The molecule has 0 aliphatic carbocycles. The number of amides is 2. The average Bonchev–Trinajstić information content (AvgIpc) is 3.31. The molecule has 4 rings (SSSR count). The molecule has 0 atom stereocenters. The van der Waals surface area contributed by atoms with Gasteiger partial charge in [0.15, 0.2) is 5.82 Å². The topological polar surface area (TPSA) is 95.7 Å². The van der Waals surface area contributed by atoms with E-state index in [1.807, 2.05) is 35.2 Å². The standard InChI is InChI=1S/C24H28N6O3/c1-28(17-19-6-3-2-4-7-19)23(31)10-9-22-26-21(27-33-22)18-29-12-14-30(15-13-29)24(32)20-8-5-11-25-16-20/h2-8,11,16H,9-10,12-15,17-18H2,1H3. The van der Waals surface area contributed by atoms with Crippen LogP contribution in [0.5, 0.6) is 0 Å². The van der Waals surface area contributed by atoms with Crippen molar-refractivity contribution in [3.63, 3.8) is 0 Å². The Morgan fingerprint density at radius 1 is 1.06 bits per heavy atom. The number of piperazine rings is 1. The average molecular weight is 449 g/mol. The maximum Gasteiger partial charge on any atom is 0.255 e. The molecule has 0 bridgehead atoms. The van der Waals surface area contributed by atoms with Crippen molar-refractivity contribution >= 4 is 11.8 Å². The van der Waals surface area contributed by atoms with Crippen LogP contribution in [0, 0.1) is 0 Å². The van der Waals surface area contributed by atoms with Crippen LogP contribution in [0.3, 0.4) is 0 Å². The summed E-state index contributed by atoms with van der Waals surface area (Å²) in [5.41, 5.74) is 1.70. The molecule has 3 heterocycles. The van der Waals surface area contributed by atoms with Gasteiger partial charge >= 0.3 is 0 Å². The molecule has 1 aliphatic heterocycles. The second kappa shape index (κ2) is 10.8. The molecule has 9 heteroatoms. The summed E-state index contributed by atoms with van der Waals surface area (Å²) in [7, 11) is 1.80. The molecule has 3 aromatic rings. The Morgan fingerprint density at radius 2 is 1.85 bits per heavy atom. The highest BCUT2D eigenvalue weighted by Gasteiger charge is 2.23. The first kappa shape index (κ1) is 22.6. The summed E-state index contributed by atoms with van der Waals surface area (Å²) in [5, 5.41) is 4.06. The first-order valence-electron chi connectivity index (χ1n) is 11.1. The van der Waals surface area contributed by atoms with E-state index in [-0.39, 0.29) is 11.8 Å². The van der Waals surface area contributed by atoms with Crippen molar-refractivity contribution in [3.05, 3.63) is 77.7 Å². The van der Waals surface area contributed by atoms with Crippen molar-refractivity contribution in [1.29, 1.82) is 0 Å². The molecule has 9 nitrogen and oxygen atoms in total. The van der Waals surface area contributed by atoms with Crippen LogP contribution >= 0.6 is 0 Å². The number of aryl methyl sites for hydroxylation is 1. The molecule has 2 amide bonds. The Labute approximate surface area is 193 Å². The highest BCUT2D eigenvalue weighted by molar-refractivity contribution is 5.93. The summed E-state index contributed by atoms with van der Waals surface area (Å²) in [6.07, 6.45) is 3.99. The first-order chi connectivity index (χ1) is 16.1. The number of hydrogen-bond acceptors (Lipinski definition) is 7. The zero-order chi connectivity index (χ0) is 23.0. The third-order valence-corrected chi connectivity index (χ3v) is 5.68. The predicted octanol–water partition coefficient (Wildman–Crippen LogP) is 2.01. The third kappa shape index (κ3) is 6.23. The van der Waals surface area contributed by atoms with Crippen LogP contribution in [-0.4, -0.2) is 74.9 Å². The lowest BCUT2D eigenvalue weighted by Crippen LogP contribution is -2.48. The van der Waals surface area contributed by atoms with Crippen molar-refractivity contribution in [2.75, 3.05) is 33.2 Å². The van der Waals surface area contributed by atoms with E-state index in [2.05, 4.69) is 20.0 Å². The van der Waals surface area contributed by atoms with Crippen molar-refractivity contribution in [1.82, 2.24) is 29.8 Å². The molecule has 1 aromatic carbocycles. The lowest BCUT2D eigenvalue weighted by molar-refractivity contribution is -0.130. The largest absolute Gasteiger partial charge is 0.341 e. The van der Waals surface area contributed by atoms with Gasteiger partial charge in [-0.05, 0) is 17.7 Å². The minimum Gasteiger partial charge on any atom is -0.341 e. The monoisotopic (exact) mass is 448 g/mol. The maximum atomic E-state index is 12.5. The molecule has 0 spiro atoms. The number of nitrogens with zero attached hydrogens (tertiary/aromatic N) is 6. The number of aromatic nitrogens is 3. The Hall–Kier alpha value is -3.59. The zero-order valence-electron chi connectivity index (χ0n) is 18.8. The lowest BCUT2D eigenvalue weighted by Gasteiger charge is -2.34. The Morgan fingerprint density at radius 3 is 2.58 bits per heavy atom. The minimum atomic E-state index is 0.00602. The van der Waals surface area contributed by atoms with Crippen molar-refractivity contribution in [2.45, 2.75) is 25.9 Å². The number of carbonyl (C=O) groups is 2. The molecular weight excluding hydrogens is 420 g/mol. The highest BCUT2D eigenvalue weighted by atomic mass is 16.5. The lowest BCUT2D eigenvalue weighted by atomic mass is 10.2. The summed E-state index contributed by atoms with van der Waals surface area (Å²) in [5.74, 6) is 1.11. The maximum absolute atomic E-state index is 12.5. The Balaban J connectivity index is 1.20. The van der Waals surface area contributed by atoms with E-state index in [1.54, 1.807) is 36.5 Å². The van der Waals surface area contributed by atoms with Crippen molar-refractivity contribution < 1.29 is 14.1 Å². The number of pyridine rings is 1. The molecule has 0 radical (unpaired) electrons. The number of carbonyl (C=O) groups excluding carboxylic acids is 2. The van der Waals surface area contributed by atoms with Crippen LogP contribution in [-0.2, 0) is 24.3 Å². The van der Waals surface area contributed by atoms with Crippen LogP contribution in [0.4, 0.5) is 0 Å². The van der Waals surface area contributed by atoms with E-state index in [1.165, 1.54) is 0 Å². The van der Waals surface area contributed by atoms with Crippen molar-refractivity contribution in [2.24, 2.45) is 0 Å². The zero-order valence-corrected chi connectivity index (χ0v) is 18.8. The molecule has 33 heavy (non-hydrogen) atoms. The molecule has 1 fully saturated rings. The van der Waals surface area contributed by atoms with E-state index < -0.39 is 0 Å². The van der Waals surface area contributed by atoms with Gasteiger partial charge in [0.05, 0.1) is 12.1 Å². The van der Waals surface area contributed by atoms with Gasteiger partial charge in [0, 0.05) is 65.0 Å². The van der Waals surface area contributed by atoms with Gasteiger partial charge < -0.3 is 14.3 Å². The first-order valence-corrected chi connectivity index (χ1v) is 11.1. The fourth-order valence-electron chi connectivity index (χ4n) is 3.79. The summed E-state index contributed by atoms with van der Waals surface area (Å²) in [4.78, 5) is 39.2. The molecule has 1 aliphatic rings. The molecule has 0 saturated carbocycles. The van der Waals surface area contributed by atoms with Gasteiger partial charge in [-0.25, -0.2) is 0 Å². The van der Waals surface area contributed by atoms with E-state index in [0.717, 1.165) is 18.7 Å². The Kier molecular flexibility index (Phi) is 7.41. The van der Waals surface area contributed by atoms with E-state index in [0.29, 0.717) is 56.3 Å². The van der Waals surface area contributed by atoms with Crippen LogP contribution < -0.4 is 0 Å². The number of hydrogen-bond donors (Lipinski definition) is 0. The Bertz CT molecular complexity index is 1050. The van der Waals surface area contributed by atoms with Crippen LogP contribution in [0.2, 0.25) is 0 Å².